The third kappa shape index (κ3) is 5.52. The minimum atomic E-state index is -0.977. The molecule has 0 amide bonds. The number of nitrogens with two attached hydrogens (primary N) is 1. The zero-order valence-corrected chi connectivity index (χ0v) is 22.8. The van der Waals surface area contributed by atoms with Crippen molar-refractivity contribution >= 4 is 13.1 Å². The molecule has 2 aliphatic heterocycles. The quantitative estimate of drug-likeness (QED) is 0.290. The molecule has 3 aliphatic rings. The number of unbranched alkanes of at least 4 members (excludes halogenated alkanes) is 1. The number of carbonyl (C=O) groups is 1. The predicted molar refractivity (Wildman–Crippen MR) is 140 cm³/mol. The first-order chi connectivity index (χ1) is 17.0. The fraction of sp³-hybridized carbons (Fsp3) is 0.750. The van der Waals surface area contributed by atoms with Crippen LogP contribution in [0.3, 0.4) is 0 Å². The molecule has 2 unspecified atom stereocenters. The van der Waals surface area contributed by atoms with Gasteiger partial charge in [0.25, 0.3) is 0 Å². The number of esters is 1. The van der Waals surface area contributed by atoms with Crippen LogP contribution in [0.25, 0.3) is 0 Å². The van der Waals surface area contributed by atoms with Crippen molar-refractivity contribution in [3.8, 4) is 0 Å². The van der Waals surface area contributed by atoms with Crippen molar-refractivity contribution in [3.05, 3.63) is 35.1 Å². The molecule has 2 fully saturated rings. The van der Waals surface area contributed by atoms with E-state index in [-0.39, 0.29) is 36.0 Å². The number of benzene rings is 1. The Balaban J connectivity index is 1.33. The lowest BCUT2D eigenvalue weighted by molar-refractivity contribution is -0.153. The summed E-state index contributed by atoms with van der Waals surface area (Å²) in [5.74, 6) is -0.353. The number of hydrogen-bond donors (Lipinski definition) is 1. The van der Waals surface area contributed by atoms with Crippen LogP contribution in [0.15, 0.2) is 18.2 Å². The Morgan fingerprint density at radius 3 is 2.47 bits per heavy atom. The van der Waals surface area contributed by atoms with Crippen molar-refractivity contribution < 1.29 is 23.2 Å². The number of ether oxygens (including phenoxy) is 1. The molecule has 2 saturated heterocycles. The summed E-state index contributed by atoms with van der Waals surface area (Å²) in [7, 11) is -0.226. The number of halogens is 1. The molecule has 2 heterocycles. The number of rotatable bonds is 9. The van der Waals surface area contributed by atoms with Gasteiger partial charge in [-0.1, -0.05) is 18.9 Å². The lowest BCUT2D eigenvalue weighted by atomic mass is 9.74. The van der Waals surface area contributed by atoms with Gasteiger partial charge in [-0.15, -0.1) is 0 Å². The summed E-state index contributed by atoms with van der Waals surface area (Å²) in [5.41, 5.74) is 7.62. The van der Waals surface area contributed by atoms with Gasteiger partial charge in [0.1, 0.15) is 11.4 Å². The maximum atomic E-state index is 13.7. The van der Waals surface area contributed by atoms with Gasteiger partial charge in [0.05, 0.1) is 17.8 Å². The molecule has 8 heteroatoms. The molecule has 1 aromatic carbocycles. The average molecular weight is 502 g/mol. The standard InChI is InChI=1S/C28H44BFN2O4/c1-6-34-25(33)28(31,15-7-8-16-29-35-26(2,3)27(4,5)36-29)21-13-17-32(18-14-21)24-12-9-20-19-22(30)10-11-23(20)24/h10-11,19,21,24H,6-9,12-18,31H2,1-5H3. The molecule has 6 nitrogen and oxygen atoms in total. The second-order valence-corrected chi connectivity index (χ2v) is 11.9. The van der Waals surface area contributed by atoms with E-state index in [1.54, 1.807) is 12.1 Å². The Morgan fingerprint density at radius 2 is 1.83 bits per heavy atom. The molecule has 0 aromatic heterocycles. The van der Waals surface area contributed by atoms with E-state index in [4.69, 9.17) is 19.8 Å². The summed E-state index contributed by atoms with van der Waals surface area (Å²) in [6, 6.07) is 5.52. The zero-order chi connectivity index (χ0) is 26.1. The van der Waals surface area contributed by atoms with Gasteiger partial charge in [-0.25, -0.2) is 4.39 Å². The van der Waals surface area contributed by atoms with E-state index >= 15 is 0 Å². The topological polar surface area (TPSA) is 74.0 Å². The van der Waals surface area contributed by atoms with Gasteiger partial charge in [-0.3, -0.25) is 9.69 Å². The second kappa shape index (κ2) is 10.7. The van der Waals surface area contributed by atoms with Gasteiger partial charge in [-0.05, 0) is 115 Å². The normalized spacial score (nSPS) is 25.5. The first kappa shape index (κ1) is 27.6. The number of piperidine rings is 1. The van der Waals surface area contributed by atoms with Gasteiger partial charge < -0.3 is 19.8 Å². The average Bonchev–Trinajstić information content (AvgIpc) is 3.33. The predicted octanol–water partition coefficient (Wildman–Crippen LogP) is 5.05. The van der Waals surface area contributed by atoms with Crippen LogP contribution in [0, 0.1) is 11.7 Å². The van der Waals surface area contributed by atoms with Gasteiger partial charge in [0.2, 0.25) is 0 Å². The van der Waals surface area contributed by atoms with Crippen molar-refractivity contribution in [2.45, 2.75) is 109 Å². The van der Waals surface area contributed by atoms with E-state index in [0.29, 0.717) is 19.1 Å². The van der Waals surface area contributed by atoms with Crippen molar-refractivity contribution in [2.24, 2.45) is 11.7 Å². The van der Waals surface area contributed by atoms with E-state index in [0.717, 1.165) is 63.5 Å². The lowest BCUT2D eigenvalue weighted by Crippen LogP contribution is -2.57. The highest BCUT2D eigenvalue weighted by atomic mass is 19.1. The molecule has 1 aromatic rings. The second-order valence-electron chi connectivity index (χ2n) is 11.9. The summed E-state index contributed by atoms with van der Waals surface area (Å²) in [5, 5.41) is 0. The van der Waals surface area contributed by atoms with E-state index < -0.39 is 5.54 Å². The number of likely N-dealkylation sites (tertiary alicyclic amines) is 1. The summed E-state index contributed by atoms with van der Waals surface area (Å²) < 4.78 is 31.4. The molecule has 0 radical (unpaired) electrons. The maximum absolute atomic E-state index is 13.7. The highest BCUT2D eigenvalue weighted by Gasteiger charge is 2.51. The molecule has 0 bridgehead atoms. The minimum absolute atomic E-state index is 0.0822. The van der Waals surface area contributed by atoms with Crippen LogP contribution in [0.1, 0.15) is 90.3 Å². The summed E-state index contributed by atoms with van der Waals surface area (Å²) >= 11 is 0. The van der Waals surface area contributed by atoms with Crippen molar-refractivity contribution in [1.29, 1.82) is 0 Å². The molecule has 4 rings (SSSR count). The van der Waals surface area contributed by atoms with Gasteiger partial charge in [0.15, 0.2) is 0 Å². The van der Waals surface area contributed by atoms with Crippen molar-refractivity contribution in [1.82, 2.24) is 4.90 Å². The molecule has 36 heavy (non-hydrogen) atoms. The molecule has 2 N–H and O–H groups in total. The molecule has 0 spiro atoms. The van der Waals surface area contributed by atoms with Crippen LogP contribution in [-0.4, -0.2) is 54.4 Å². The largest absolute Gasteiger partial charge is 0.465 e. The van der Waals surface area contributed by atoms with Crippen LogP contribution in [-0.2, 0) is 25.3 Å². The fourth-order valence-corrected chi connectivity index (χ4v) is 6.22. The lowest BCUT2D eigenvalue weighted by Gasteiger charge is -2.42. The SMILES string of the molecule is CCOC(=O)C(N)(CCCCB1OC(C)(C)C(C)(C)O1)C1CCN(C2CCc3cc(F)ccc32)CC1. The highest BCUT2D eigenvalue weighted by molar-refractivity contribution is 6.45. The molecule has 0 saturated carbocycles. The Bertz CT molecular complexity index is 918. The van der Waals surface area contributed by atoms with Crippen molar-refractivity contribution in [3.63, 3.8) is 0 Å². The van der Waals surface area contributed by atoms with Crippen molar-refractivity contribution in [2.75, 3.05) is 19.7 Å². The van der Waals surface area contributed by atoms with E-state index in [2.05, 4.69) is 32.6 Å². The van der Waals surface area contributed by atoms with Gasteiger partial charge >= 0.3 is 13.1 Å². The van der Waals surface area contributed by atoms with E-state index in [9.17, 15) is 9.18 Å². The van der Waals surface area contributed by atoms with Gasteiger partial charge in [0, 0.05) is 6.04 Å². The van der Waals surface area contributed by atoms with Crippen LogP contribution < -0.4 is 5.73 Å². The van der Waals surface area contributed by atoms with E-state index in [1.165, 1.54) is 5.56 Å². The number of hydrogen-bond acceptors (Lipinski definition) is 6. The Hall–Kier alpha value is -1.48. The maximum Gasteiger partial charge on any atom is 0.457 e. The highest BCUT2D eigenvalue weighted by Crippen LogP contribution is 2.41. The summed E-state index contributed by atoms with van der Waals surface area (Å²) in [6.45, 7) is 12.2. The smallest absolute Gasteiger partial charge is 0.457 e. The van der Waals surface area contributed by atoms with Gasteiger partial charge in [-0.2, -0.15) is 0 Å². The van der Waals surface area contributed by atoms with Crippen LogP contribution >= 0.6 is 0 Å². The number of fused-ring (bicyclic) bond motifs is 1. The van der Waals surface area contributed by atoms with Crippen LogP contribution in [0.4, 0.5) is 4.39 Å². The first-order valence-corrected chi connectivity index (χ1v) is 13.8. The monoisotopic (exact) mass is 502 g/mol. The Labute approximate surface area is 216 Å². The molecule has 1 aliphatic carbocycles. The van der Waals surface area contributed by atoms with Crippen LogP contribution in [0.5, 0.6) is 0 Å². The summed E-state index contributed by atoms with van der Waals surface area (Å²) in [4.78, 5) is 15.6. The number of nitrogens with zero attached hydrogens (tertiary/aromatic N) is 1. The molecule has 2 atom stereocenters. The molecular formula is C28H44BFN2O4. The number of carbonyl (C=O) groups excluding carboxylic acids is 1. The fourth-order valence-electron chi connectivity index (χ4n) is 6.22. The zero-order valence-electron chi connectivity index (χ0n) is 22.8. The first-order valence-electron chi connectivity index (χ1n) is 13.8. The minimum Gasteiger partial charge on any atom is -0.465 e. The summed E-state index contributed by atoms with van der Waals surface area (Å²) in [6.07, 6.45) is 6.75. The van der Waals surface area contributed by atoms with E-state index in [1.807, 2.05) is 13.0 Å². The Kier molecular flexibility index (Phi) is 8.20. The molecular weight excluding hydrogens is 458 g/mol. The Morgan fingerprint density at radius 1 is 1.17 bits per heavy atom. The molecule has 200 valence electrons. The third-order valence-electron chi connectivity index (χ3n) is 9.09. The third-order valence-corrected chi connectivity index (χ3v) is 9.09. The van der Waals surface area contributed by atoms with Crippen LogP contribution in [0.2, 0.25) is 6.32 Å². The number of aryl methyl sites for hydroxylation is 1.